The van der Waals surface area contributed by atoms with Gasteiger partial charge in [0.1, 0.15) is 0 Å². The van der Waals surface area contributed by atoms with E-state index in [1.54, 1.807) is 17.0 Å². The van der Waals surface area contributed by atoms with Crippen molar-refractivity contribution in [3.05, 3.63) is 82.1 Å². The van der Waals surface area contributed by atoms with E-state index in [2.05, 4.69) is 12.1 Å². The number of nitrogens with zero attached hydrogens (tertiary/aromatic N) is 1. The summed E-state index contributed by atoms with van der Waals surface area (Å²) in [7, 11) is 0. The van der Waals surface area contributed by atoms with E-state index in [0.717, 1.165) is 31.2 Å². The van der Waals surface area contributed by atoms with Gasteiger partial charge in [-0.05, 0) is 42.0 Å². The molecule has 0 aromatic heterocycles. The number of Topliss-reactive ketones (excluding diaryl/α,β-unsaturated/α-hetero) is 1. The number of benzene rings is 2. The Morgan fingerprint density at radius 3 is 2.31 bits per heavy atom. The Balaban J connectivity index is 1.77. The third-order valence-corrected chi connectivity index (χ3v) is 7.06. The second kappa shape index (κ2) is 9.11. The molecule has 0 bridgehead atoms. The fourth-order valence-electron chi connectivity index (χ4n) is 5.28. The molecule has 2 aliphatic rings. The number of ketones is 1. The molecule has 1 saturated carbocycles. The van der Waals surface area contributed by atoms with Crippen LogP contribution < -0.4 is 0 Å². The number of rotatable bonds is 7. The first kappa shape index (κ1) is 22.6. The zero-order chi connectivity index (χ0) is 22.9. The smallest absolute Gasteiger partial charge is 0.290 e. The Kier molecular flexibility index (Phi) is 6.43. The second-order valence-electron chi connectivity index (χ2n) is 9.52. The highest BCUT2D eigenvalue weighted by Gasteiger charge is 2.47. The molecule has 2 aromatic rings. The van der Waals surface area contributed by atoms with E-state index in [0.29, 0.717) is 11.6 Å². The predicted molar refractivity (Wildman–Crippen MR) is 127 cm³/mol. The van der Waals surface area contributed by atoms with Crippen LogP contribution in [0.25, 0.3) is 0 Å². The quantitative estimate of drug-likeness (QED) is 0.548. The molecule has 0 radical (unpaired) electrons. The molecule has 4 nitrogen and oxygen atoms in total. The summed E-state index contributed by atoms with van der Waals surface area (Å²) in [6.45, 7) is 4.39. The molecule has 1 aliphatic heterocycles. The number of halogens is 1. The van der Waals surface area contributed by atoms with Crippen molar-refractivity contribution in [1.29, 1.82) is 0 Å². The van der Waals surface area contributed by atoms with Crippen LogP contribution in [0.5, 0.6) is 0 Å². The fourth-order valence-corrected chi connectivity index (χ4v) is 5.41. The van der Waals surface area contributed by atoms with Crippen LogP contribution in [0.15, 0.2) is 65.9 Å². The molecule has 5 heteroatoms. The topological polar surface area (TPSA) is 57.6 Å². The maximum atomic E-state index is 13.4. The highest BCUT2D eigenvalue weighted by Crippen LogP contribution is 2.46. The molecule has 1 unspecified atom stereocenters. The normalized spacial score (nSPS) is 20.4. The van der Waals surface area contributed by atoms with E-state index in [-0.39, 0.29) is 29.1 Å². The zero-order valence-corrected chi connectivity index (χ0v) is 19.4. The van der Waals surface area contributed by atoms with Crippen LogP contribution in [0, 0.1) is 5.92 Å². The predicted octanol–water partition coefficient (Wildman–Crippen LogP) is 6.16. The average Bonchev–Trinajstić information content (AvgIpc) is 3.34. The molecule has 4 rings (SSSR count). The number of amides is 1. The van der Waals surface area contributed by atoms with Crippen molar-refractivity contribution in [2.75, 3.05) is 6.54 Å². The molecular formula is C27H30ClNO3. The summed E-state index contributed by atoms with van der Waals surface area (Å²) in [5.41, 5.74) is 2.03. The van der Waals surface area contributed by atoms with Crippen molar-refractivity contribution in [2.45, 2.75) is 57.4 Å². The van der Waals surface area contributed by atoms with Crippen LogP contribution in [-0.4, -0.2) is 28.2 Å². The minimum Gasteiger partial charge on any atom is -0.503 e. The van der Waals surface area contributed by atoms with Crippen molar-refractivity contribution >= 4 is 23.3 Å². The lowest BCUT2D eigenvalue weighted by atomic mass is 9.78. The van der Waals surface area contributed by atoms with Crippen LogP contribution in [0.4, 0.5) is 0 Å². The van der Waals surface area contributed by atoms with Crippen LogP contribution >= 0.6 is 11.6 Å². The standard InChI is InChI=1S/C27H30ClNO3/c1-18(2)16-22(30)23-24(19-10-12-21(28)13-11-19)29(26(32)25(23)31)17-27(14-6-7-15-27)20-8-4-3-5-9-20/h3-5,8-13,18,24,31H,6-7,14-17H2,1-2H3. The van der Waals surface area contributed by atoms with Crippen molar-refractivity contribution in [3.8, 4) is 0 Å². The van der Waals surface area contributed by atoms with Gasteiger partial charge in [-0.15, -0.1) is 0 Å². The third-order valence-electron chi connectivity index (χ3n) is 6.80. The molecule has 168 valence electrons. The highest BCUT2D eigenvalue weighted by molar-refractivity contribution is 6.30. The van der Waals surface area contributed by atoms with Crippen LogP contribution in [0.1, 0.15) is 63.1 Å². The van der Waals surface area contributed by atoms with Gasteiger partial charge in [0.2, 0.25) is 0 Å². The number of carbonyl (C=O) groups is 2. The van der Waals surface area contributed by atoms with Gasteiger partial charge in [0.25, 0.3) is 5.91 Å². The average molecular weight is 452 g/mol. The summed E-state index contributed by atoms with van der Waals surface area (Å²) in [5, 5.41) is 11.5. The second-order valence-corrected chi connectivity index (χ2v) is 9.96. The lowest BCUT2D eigenvalue weighted by Gasteiger charge is -2.37. The zero-order valence-electron chi connectivity index (χ0n) is 18.7. The molecule has 32 heavy (non-hydrogen) atoms. The molecule has 1 atom stereocenters. The van der Waals surface area contributed by atoms with E-state index >= 15 is 0 Å². The molecule has 1 N–H and O–H groups in total. The van der Waals surface area contributed by atoms with E-state index in [4.69, 9.17) is 11.6 Å². The minimum absolute atomic E-state index is 0.128. The maximum Gasteiger partial charge on any atom is 0.290 e. The number of carbonyl (C=O) groups excluding carboxylic acids is 2. The van der Waals surface area contributed by atoms with E-state index in [9.17, 15) is 14.7 Å². The fraction of sp³-hybridized carbons (Fsp3) is 0.407. The Labute approximate surface area is 194 Å². The van der Waals surface area contributed by atoms with Gasteiger partial charge < -0.3 is 10.0 Å². The van der Waals surface area contributed by atoms with Crippen LogP contribution in [0.3, 0.4) is 0 Å². The van der Waals surface area contributed by atoms with Crippen molar-refractivity contribution in [2.24, 2.45) is 5.92 Å². The Morgan fingerprint density at radius 2 is 1.72 bits per heavy atom. The van der Waals surface area contributed by atoms with Gasteiger partial charge in [-0.1, -0.05) is 80.8 Å². The summed E-state index contributed by atoms with van der Waals surface area (Å²) < 4.78 is 0. The van der Waals surface area contributed by atoms with E-state index < -0.39 is 17.7 Å². The molecular weight excluding hydrogens is 422 g/mol. The summed E-state index contributed by atoms with van der Waals surface area (Å²) in [4.78, 5) is 28.2. The Morgan fingerprint density at radius 1 is 1.09 bits per heavy atom. The van der Waals surface area contributed by atoms with Gasteiger partial charge >= 0.3 is 0 Å². The van der Waals surface area contributed by atoms with E-state index in [1.165, 1.54) is 5.56 Å². The molecule has 1 aliphatic carbocycles. The largest absolute Gasteiger partial charge is 0.503 e. The monoisotopic (exact) mass is 451 g/mol. The van der Waals surface area contributed by atoms with Crippen molar-refractivity contribution in [1.82, 2.24) is 4.90 Å². The first-order chi connectivity index (χ1) is 15.3. The number of hydrogen-bond acceptors (Lipinski definition) is 3. The molecule has 1 heterocycles. The Hall–Kier alpha value is -2.59. The number of aliphatic hydroxyl groups excluding tert-OH is 1. The highest BCUT2D eigenvalue weighted by atomic mass is 35.5. The summed E-state index contributed by atoms with van der Waals surface area (Å²) in [6.07, 6.45) is 4.44. The molecule has 0 spiro atoms. The third kappa shape index (κ3) is 4.21. The van der Waals surface area contributed by atoms with Gasteiger partial charge in [0, 0.05) is 23.4 Å². The van der Waals surface area contributed by atoms with E-state index in [1.807, 2.05) is 44.2 Å². The summed E-state index contributed by atoms with van der Waals surface area (Å²) in [5.74, 6) is -0.909. The molecule has 1 fully saturated rings. The first-order valence-electron chi connectivity index (χ1n) is 11.4. The van der Waals surface area contributed by atoms with Crippen molar-refractivity contribution in [3.63, 3.8) is 0 Å². The van der Waals surface area contributed by atoms with Crippen LogP contribution in [-0.2, 0) is 15.0 Å². The van der Waals surface area contributed by atoms with Gasteiger partial charge in [0.05, 0.1) is 11.6 Å². The lowest BCUT2D eigenvalue weighted by molar-refractivity contribution is -0.130. The van der Waals surface area contributed by atoms with Gasteiger partial charge in [-0.25, -0.2) is 0 Å². The van der Waals surface area contributed by atoms with Gasteiger partial charge in [-0.3, -0.25) is 9.59 Å². The molecule has 0 saturated heterocycles. The maximum absolute atomic E-state index is 13.4. The SMILES string of the molecule is CC(C)CC(=O)C1=C(O)C(=O)N(CC2(c3ccccc3)CCCC2)C1c1ccc(Cl)cc1. The van der Waals surface area contributed by atoms with Crippen molar-refractivity contribution < 1.29 is 14.7 Å². The summed E-state index contributed by atoms with van der Waals surface area (Å²) >= 11 is 6.11. The van der Waals surface area contributed by atoms with Gasteiger partial charge in [-0.2, -0.15) is 0 Å². The molecule has 1 amide bonds. The lowest BCUT2D eigenvalue weighted by Crippen LogP contribution is -2.42. The Bertz CT molecular complexity index is 1020. The van der Waals surface area contributed by atoms with Gasteiger partial charge in [0.15, 0.2) is 11.5 Å². The first-order valence-corrected chi connectivity index (χ1v) is 11.8. The number of aliphatic hydroxyl groups is 1. The number of hydrogen-bond donors (Lipinski definition) is 1. The summed E-state index contributed by atoms with van der Waals surface area (Å²) in [6, 6.07) is 16.9. The molecule has 2 aromatic carbocycles. The minimum atomic E-state index is -0.604. The van der Waals surface area contributed by atoms with Crippen LogP contribution in [0.2, 0.25) is 5.02 Å².